The van der Waals surface area contributed by atoms with Gasteiger partial charge in [-0.05, 0) is 43.5 Å². The molecule has 5 nitrogen and oxygen atoms in total. The fraction of sp³-hybridized carbons (Fsp3) is 0.455. The van der Waals surface area contributed by atoms with E-state index in [9.17, 15) is 8.42 Å². The van der Waals surface area contributed by atoms with E-state index in [1.807, 2.05) is 0 Å². The van der Waals surface area contributed by atoms with Gasteiger partial charge in [0.15, 0.2) is 0 Å². The first-order chi connectivity index (χ1) is 7.97. The lowest BCUT2D eigenvalue weighted by Crippen LogP contribution is -2.25. The summed E-state index contributed by atoms with van der Waals surface area (Å²) in [7, 11) is -3.47. The lowest BCUT2D eigenvalue weighted by atomic mass is 10.2. The van der Waals surface area contributed by atoms with Crippen molar-refractivity contribution in [1.29, 1.82) is 0 Å². The largest absolute Gasteiger partial charge is 0.399 e. The van der Waals surface area contributed by atoms with Gasteiger partial charge in [-0.3, -0.25) is 0 Å². The number of benzene rings is 1. The Kier molecular flexibility index (Phi) is 4.92. The highest BCUT2D eigenvalue weighted by Gasteiger charge is 2.13. The second-order valence-electron chi connectivity index (χ2n) is 3.85. The van der Waals surface area contributed by atoms with Crippen LogP contribution in [0, 0.1) is 6.92 Å². The smallest absolute Gasteiger partial charge is 0.240 e. The molecule has 0 atom stereocenters. The fourth-order valence-corrected chi connectivity index (χ4v) is 2.50. The predicted octanol–water partition coefficient (Wildman–Crippen LogP) is 0.628. The summed E-state index contributed by atoms with van der Waals surface area (Å²) in [5.41, 5.74) is 6.94. The topological polar surface area (TPSA) is 92.4 Å². The number of hydrogen-bond acceptors (Lipinski definition) is 4. The molecule has 0 heterocycles. The molecule has 1 aromatic carbocycles. The molecule has 0 radical (unpaired) electrons. The number of nitrogen functional groups attached to an aromatic ring is 1. The standard InChI is InChI=1S/C11H18N2O3S/c1-9-8-10(4-5-11(9)12)17(15,16)13-6-2-3-7-14/h4-5,8,13-14H,2-3,6-7,12H2,1H3. The molecule has 1 aromatic rings. The lowest BCUT2D eigenvalue weighted by Gasteiger charge is -2.08. The van der Waals surface area contributed by atoms with E-state index >= 15 is 0 Å². The molecule has 0 saturated carbocycles. The quantitative estimate of drug-likeness (QED) is 0.515. The molecular formula is C11H18N2O3S. The van der Waals surface area contributed by atoms with Gasteiger partial charge in [-0.25, -0.2) is 13.1 Å². The molecule has 6 heteroatoms. The number of hydrogen-bond donors (Lipinski definition) is 3. The molecule has 17 heavy (non-hydrogen) atoms. The normalized spacial score (nSPS) is 11.6. The number of aliphatic hydroxyl groups is 1. The predicted molar refractivity (Wildman–Crippen MR) is 67.1 cm³/mol. The molecule has 0 spiro atoms. The number of nitrogens with one attached hydrogen (secondary N) is 1. The van der Waals surface area contributed by atoms with E-state index in [0.29, 0.717) is 25.1 Å². The zero-order valence-corrected chi connectivity index (χ0v) is 10.6. The molecule has 0 unspecified atom stereocenters. The minimum atomic E-state index is -3.47. The van der Waals surface area contributed by atoms with Crippen LogP contribution < -0.4 is 10.5 Å². The van der Waals surface area contributed by atoms with Gasteiger partial charge in [-0.15, -0.1) is 0 Å². The molecule has 0 aliphatic rings. The Bertz CT molecular complexity index is 472. The number of aryl methyl sites for hydroxylation is 1. The average molecular weight is 258 g/mol. The van der Waals surface area contributed by atoms with Gasteiger partial charge < -0.3 is 10.8 Å². The Morgan fingerprint density at radius 2 is 2.06 bits per heavy atom. The Balaban J connectivity index is 2.72. The molecule has 0 amide bonds. The number of nitrogens with two attached hydrogens (primary N) is 1. The second kappa shape index (κ2) is 6.00. The number of sulfonamides is 1. The van der Waals surface area contributed by atoms with Crippen molar-refractivity contribution in [3.05, 3.63) is 23.8 Å². The van der Waals surface area contributed by atoms with Crippen molar-refractivity contribution in [3.8, 4) is 0 Å². The Hall–Kier alpha value is -1.11. The van der Waals surface area contributed by atoms with Crippen molar-refractivity contribution in [3.63, 3.8) is 0 Å². The molecule has 0 fully saturated rings. The molecule has 0 aliphatic heterocycles. The molecule has 0 aliphatic carbocycles. The van der Waals surface area contributed by atoms with E-state index in [-0.39, 0.29) is 11.5 Å². The fourth-order valence-electron chi connectivity index (χ4n) is 1.34. The summed E-state index contributed by atoms with van der Waals surface area (Å²) in [6, 6.07) is 4.61. The summed E-state index contributed by atoms with van der Waals surface area (Å²) < 4.78 is 26.2. The van der Waals surface area contributed by atoms with E-state index in [1.54, 1.807) is 19.1 Å². The van der Waals surface area contributed by atoms with Gasteiger partial charge in [0.05, 0.1) is 4.90 Å². The summed E-state index contributed by atoms with van der Waals surface area (Å²) in [6.07, 6.45) is 1.20. The van der Waals surface area contributed by atoms with Gasteiger partial charge in [0.1, 0.15) is 0 Å². The van der Waals surface area contributed by atoms with Crippen LogP contribution in [0.15, 0.2) is 23.1 Å². The van der Waals surface area contributed by atoms with Crippen molar-refractivity contribution in [2.75, 3.05) is 18.9 Å². The highest BCUT2D eigenvalue weighted by Crippen LogP contribution is 2.16. The number of anilines is 1. The third-order valence-corrected chi connectivity index (χ3v) is 3.89. The summed E-state index contributed by atoms with van der Waals surface area (Å²) in [5.74, 6) is 0. The van der Waals surface area contributed by atoms with Gasteiger partial charge in [0.25, 0.3) is 0 Å². The molecular weight excluding hydrogens is 240 g/mol. The van der Waals surface area contributed by atoms with Gasteiger partial charge >= 0.3 is 0 Å². The third-order valence-electron chi connectivity index (χ3n) is 2.43. The van der Waals surface area contributed by atoms with Crippen LogP contribution in [0.1, 0.15) is 18.4 Å². The maximum absolute atomic E-state index is 11.8. The molecule has 0 aromatic heterocycles. The van der Waals surface area contributed by atoms with Gasteiger partial charge in [-0.1, -0.05) is 0 Å². The Labute approximate surface area is 102 Å². The maximum atomic E-state index is 11.8. The molecule has 4 N–H and O–H groups in total. The van der Waals surface area contributed by atoms with Crippen LogP contribution >= 0.6 is 0 Å². The van der Waals surface area contributed by atoms with Crippen molar-refractivity contribution in [1.82, 2.24) is 4.72 Å². The number of rotatable bonds is 6. The zero-order valence-electron chi connectivity index (χ0n) is 9.81. The number of aliphatic hydroxyl groups excluding tert-OH is 1. The third kappa shape index (κ3) is 3.99. The summed E-state index contributed by atoms with van der Waals surface area (Å²) in [5, 5.41) is 8.59. The Morgan fingerprint density at radius 1 is 1.35 bits per heavy atom. The van der Waals surface area contributed by atoms with Crippen molar-refractivity contribution in [2.45, 2.75) is 24.7 Å². The van der Waals surface area contributed by atoms with Crippen LogP contribution in [-0.2, 0) is 10.0 Å². The molecule has 96 valence electrons. The van der Waals surface area contributed by atoms with Crippen molar-refractivity contribution < 1.29 is 13.5 Å². The first-order valence-corrected chi connectivity index (χ1v) is 6.92. The minimum absolute atomic E-state index is 0.0721. The van der Waals surface area contributed by atoms with Gasteiger partial charge in [-0.2, -0.15) is 0 Å². The highest BCUT2D eigenvalue weighted by atomic mass is 32.2. The first-order valence-electron chi connectivity index (χ1n) is 5.44. The van der Waals surface area contributed by atoms with Crippen LogP contribution in [0.2, 0.25) is 0 Å². The number of unbranched alkanes of at least 4 members (excludes halogenated alkanes) is 1. The van der Waals surface area contributed by atoms with Crippen LogP contribution in [0.3, 0.4) is 0 Å². The van der Waals surface area contributed by atoms with E-state index in [0.717, 1.165) is 5.56 Å². The molecule has 0 bridgehead atoms. The van der Waals surface area contributed by atoms with Crippen LogP contribution in [0.25, 0.3) is 0 Å². The second-order valence-corrected chi connectivity index (χ2v) is 5.61. The van der Waals surface area contributed by atoms with Crippen LogP contribution in [0.5, 0.6) is 0 Å². The van der Waals surface area contributed by atoms with E-state index in [1.165, 1.54) is 6.07 Å². The average Bonchev–Trinajstić information content (AvgIpc) is 2.28. The van der Waals surface area contributed by atoms with Gasteiger partial charge in [0.2, 0.25) is 10.0 Å². The monoisotopic (exact) mass is 258 g/mol. The zero-order chi connectivity index (χ0) is 12.9. The van der Waals surface area contributed by atoms with E-state index in [4.69, 9.17) is 10.8 Å². The summed E-state index contributed by atoms with van der Waals surface area (Å²) in [4.78, 5) is 0.216. The van der Waals surface area contributed by atoms with Crippen molar-refractivity contribution >= 4 is 15.7 Å². The van der Waals surface area contributed by atoms with Crippen LogP contribution in [0.4, 0.5) is 5.69 Å². The van der Waals surface area contributed by atoms with E-state index in [2.05, 4.69) is 4.72 Å². The highest BCUT2D eigenvalue weighted by molar-refractivity contribution is 7.89. The van der Waals surface area contributed by atoms with Gasteiger partial charge in [0, 0.05) is 18.8 Å². The summed E-state index contributed by atoms with van der Waals surface area (Å²) >= 11 is 0. The van der Waals surface area contributed by atoms with E-state index < -0.39 is 10.0 Å². The molecule has 0 saturated heterocycles. The summed E-state index contributed by atoms with van der Waals surface area (Å²) in [6.45, 7) is 2.16. The SMILES string of the molecule is Cc1cc(S(=O)(=O)NCCCCO)ccc1N. The first kappa shape index (κ1) is 14.0. The Morgan fingerprint density at radius 3 is 2.65 bits per heavy atom. The van der Waals surface area contributed by atoms with Crippen molar-refractivity contribution in [2.24, 2.45) is 0 Å². The lowest BCUT2D eigenvalue weighted by molar-refractivity contribution is 0.285. The maximum Gasteiger partial charge on any atom is 0.240 e. The molecule has 1 rings (SSSR count). The minimum Gasteiger partial charge on any atom is -0.399 e. The van der Waals surface area contributed by atoms with Crippen LogP contribution in [-0.4, -0.2) is 26.7 Å².